The summed E-state index contributed by atoms with van der Waals surface area (Å²) >= 11 is 5.81. The molecule has 126 valence electrons. The minimum Gasteiger partial charge on any atom is -0.467 e. The molecule has 9 heteroatoms. The van der Waals surface area contributed by atoms with Crippen molar-refractivity contribution in [3.63, 3.8) is 0 Å². The molecule has 0 aliphatic carbocycles. The Hall–Kier alpha value is -2.45. The average molecular weight is 376 g/mol. The molecule has 2 radical (unpaired) electrons. The molecular formula is C16H11BClNO5S. The molecule has 1 unspecified atom stereocenters. The van der Waals surface area contributed by atoms with Gasteiger partial charge in [-0.05, 0) is 29.8 Å². The zero-order chi connectivity index (χ0) is 18.2. The first kappa shape index (κ1) is 17.4. The Morgan fingerprint density at radius 1 is 1.08 bits per heavy atom. The molecule has 2 aromatic carbocycles. The van der Waals surface area contributed by atoms with Gasteiger partial charge in [-0.15, -0.1) is 0 Å². The lowest BCUT2D eigenvalue weighted by Gasteiger charge is -2.23. The van der Waals surface area contributed by atoms with Gasteiger partial charge in [0.1, 0.15) is 12.7 Å². The lowest BCUT2D eigenvalue weighted by molar-refractivity contribution is -0.126. The molecule has 0 spiro atoms. The van der Waals surface area contributed by atoms with Crippen molar-refractivity contribution in [1.82, 2.24) is 0 Å². The Labute approximate surface area is 150 Å². The summed E-state index contributed by atoms with van der Waals surface area (Å²) < 4.78 is 34.7. The maximum atomic E-state index is 12.6. The minimum absolute atomic E-state index is 0.135. The fourth-order valence-corrected chi connectivity index (χ4v) is 3.35. The fourth-order valence-electron chi connectivity index (χ4n) is 2.26. The topological polar surface area (TPSA) is 95.7 Å². The molecule has 25 heavy (non-hydrogen) atoms. The van der Waals surface area contributed by atoms with E-state index in [1.807, 2.05) is 0 Å². The Bertz CT molecular complexity index is 960. The van der Waals surface area contributed by atoms with E-state index < -0.39 is 33.0 Å². The van der Waals surface area contributed by atoms with E-state index in [2.05, 4.69) is 0 Å². The molecule has 1 atom stereocenters. The summed E-state index contributed by atoms with van der Waals surface area (Å²) in [4.78, 5) is 12.5. The maximum absolute atomic E-state index is 12.6. The van der Waals surface area contributed by atoms with Crippen LogP contribution in [0.15, 0.2) is 71.1 Å². The number of carbonyl (C=O) groups excluding carboxylic acids is 1. The van der Waals surface area contributed by atoms with Crippen LogP contribution in [0.25, 0.3) is 0 Å². The van der Waals surface area contributed by atoms with E-state index in [4.69, 9.17) is 34.1 Å². The Morgan fingerprint density at radius 2 is 1.68 bits per heavy atom. The maximum Gasteiger partial charge on any atom is 0.339 e. The molecule has 1 heterocycles. The molecular weight excluding hydrogens is 365 g/mol. The number of rotatable bonds is 4. The quantitative estimate of drug-likeness (QED) is 0.646. The molecule has 1 aliphatic rings. The minimum atomic E-state index is -4.26. The average Bonchev–Trinajstić information content (AvgIpc) is 2.80. The standard InChI is InChI=1S/C16H11BClNO5S/c17-16(10-6-8-11(18)9-7-10)14(20)13(15(19)23-16)24-25(21,22)12-4-2-1-3-5-12/h1-9H,19H2. The van der Waals surface area contributed by atoms with Crippen LogP contribution in [-0.2, 0) is 29.3 Å². The third-order valence-corrected chi connectivity index (χ3v) is 5.02. The van der Waals surface area contributed by atoms with Crippen LogP contribution in [0.1, 0.15) is 5.56 Å². The van der Waals surface area contributed by atoms with Crippen molar-refractivity contribution in [3.8, 4) is 0 Å². The van der Waals surface area contributed by atoms with Gasteiger partial charge in [-0.2, -0.15) is 8.42 Å². The summed E-state index contributed by atoms with van der Waals surface area (Å²) in [6.07, 6.45) is 0. The van der Waals surface area contributed by atoms with Crippen molar-refractivity contribution in [2.75, 3.05) is 0 Å². The Balaban J connectivity index is 1.92. The first-order valence-corrected chi connectivity index (χ1v) is 8.81. The van der Waals surface area contributed by atoms with Crippen molar-refractivity contribution in [3.05, 3.63) is 76.8 Å². The third kappa shape index (κ3) is 3.10. The van der Waals surface area contributed by atoms with Crippen LogP contribution < -0.4 is 5.73 Å². The van der Waals surface area contributed by atoms with Crippen LogP contribution in [0.5, 0.6) is 0 Å². The number of benzene rings is 2. The summed E-state index contributed by atoms with van der Waals surface area (Å²) in [5.74, 6) is -2.09. The lowest BCUT2D eigenvalue weighted by atomic mass is 9.73. The van der Waals surface area contributed by atoms with Crippen molar-refractivity contribution < 1.29 is 22.1 Å². The largest absolute Gasteiger partial charge is 0.467 e. The van der Waals surface area contributed by atoms with Gasteiger partial charge in [0, 0.05) is 5.02 Å². The predicted molar refractivity (Wildman–Crippen MR) is 90.9 cm³/mol. The molecule has 0 saturated heterocycles. The molecule has 6 nitrogen and oxygen atoms in total. The normalized spacial score (nSPS) is 20.4. The Morgan fingerprint density at radius 3 is 2.28 bits per heavy atom. The second kappa shape index (κ2) is 6.13. The highest BCUT2D eigenvalue weighted by molar-refractivity contribution is 7.86. The number of nitrogens with two attached hydrogens (primary N) is 1. The van der Waals surface area contributed by atoms with Crippen molar-refractivity contribution in [2.24, 2.45) is 5.73 Å². The number of ketones is 1. The number of hydrogen-bond acceptors (Lipinski definition) is 6. The van der Waals surface area contributed by atoms with Gasteiger partial charge < -0.3 is 14.7 Å². The van der Waals surface area contributed by atoms with Crippen LogP contribution in [0, 0.1) is 0 Å². The van der Waals surface area contributed by atoms with Crippen LogP contribution in [-0.4, -0.2) is 22.0 Å². The molecule has 3 rings (SSSR count). The highest BCUT2D eigenvalue weighted by Gasteiger charge is 2.48. The molecule has 0 bridgehead atoms. The number of halogens is 1. The van der Waals surface area contributed by atoms with Gasteiger partial charge in [-0.3, -0.25) is 4.79 Å². The predicted octanol–water partition coefficient (Wildman–Crippen LogP) is 1.79. The van der Waals surface area contributed by atoms with Crippen LogP contribution in [0.3, 0.4) is 0 Å². The molecule has 0 aromatic heterocycles. The zero-order valence-corrected chi connectivity index (χ0v) is 14.3. The second-order valence-electron chi connectivity index (χ2n) is 5.22. The fraction of sp³-hybridized carbons (Fsp3) is 0.0625. The molecule has 0 fully saturated rings. The number of carbonyl (C=O) groups is 1. The van der Waals surface area contributed by atoms with E-state index in [-0.39, 0.29) is 10.5 Å². The summed E-state index contributed by atoms with van der Waals surface area (Å²) in [5, 5.41) is 0.432. The van der Waals surface area contributed by atoms with Crippen LogP contribution in [0.4, 0.5) is 0 Å². The van der Waals surface area contributed by atoms with Crippen LogP contribution in [0.2, 0.25) is 5.02 Å². The first-order chi connectivity index (χ1) is 11.7. The molecule has 2 aromatic rings. The van der Waals surface area contributed by atoms with Gasteiger partial charge >= 0.3 is 10.1 Å². The summed E-state index contributed by atoms with van der Waals surface area (Å²) in [7, 11) is 1.74. The van der Waals surface area contributed by atoms with Crippen molar-refractivity contribution >= 4 is 35.3 Å². The SMILES string of the molecule is [B]C1(c2ccc(Cl)cc2)OC(N)=C(OS(=O)(=O)c2ccccc2)C1=O. The lowest BCUT2D eigenvalue weighted by Crippen LogP contribution is -2.35. The smallest absolute Gasteiger partial charge is 0.339 e. The zero-order valence-electron chi connectivity index (χ0n) is 12.7. The van der Waals surface area contributed by atoms with E-state index in [9.17, 15) is 13.2 Å². The second-order valence-corrected chi connectivity index (χ2v) is 7.20. The van der Waals surface area contributed by atoms with Gasteiger partial charge in [0.25, 0.3) is 0 Å². The molecule has 1 aliphatic heterocycles. The van der Waals surface area contributed by atoms with Gasteiger partial charge in [-0.25, -0.2) is 0 Å². The monoisotopic (exact) mass is 375 g/mol. The van der Waals surface area contributed by atoms with Gasteiger partial charge in [-0.1, -0.05) is 41.9 Å². The van der Waals surface area contributed by atoms with Gasteiger partial charge in [0.15, 0.2) is 5.50 Å². The van der Waals surface area contributed by atoms with E-state index in [1.165, 1.54) is 48.5 Å². The summed E-state index contributed by atoms with van der Waals surface area (Å²) in [6, 6.07) is 13.3. The van der Waals surface area contributed by atoms with E-state index in [0.29, 0.717) is 5.02 Å². The first-order valence-electron chi connectivity index (χ1n) is 7.02. The van der Waals surface area contributed by atoms with E-state index >= 15 is 0 Å². The summed E-state index contributed by atoms with van der Waals surface area (Å²) in [5.41, 5.74) is 3.90. The van der Waals surface area contributed by atoms with Crippen LogP contribution >= 0.6 is 11.6 Å². The van der Waals surface area contributed by atoms with Crippen molar-refractivity contribution in [1.29, 1.82) is 0 Å². The highest BCUT2D eigenvalue weighted by Crippen LogP contribution is 2.36. The highest BCUT2D eigenvalue weighted by atomic mass is 35.5. The van der Waals surface area contributed by atoms with E-state index in [1.54, 1.807) is 6.07 Å². The molecule has 0 saturated carbocycles. The molecule has 2 N–H and O–H groups in total. The Kier molecular flexibility index (Phi) is 4.26. The summed E-state index contributed by atoms with van der Waals surface area (Å²) in [6.45, 7) is 0. The van der Waals surface area contributed by atoms with Gasteiger partial charge in [0.2, 0.25) is 17.4 Å². The number of hydrogen-bond donors (Lipinski definition) is 1. The van der Waals surface area contributed by atoms with Crippen molar-refractivity contribution in [2.45, 2.75) is 10.4 Å². The third-order valence-electron chi connectivity index (χ3n) is 3.54. The number of ether oxygens (including phenoxy) is 1. The van der Waals surface area contributed by atoms with Gasteiger partial charge in [0.05, 0.1) is 0 Å². The van der Waals surface area contributed by atoms with E-state index in [0.717, 1.165) is 0 Å². The molecule has 0 amide bonds. The number of Topliss-reactive ketones (excluding diaryl/α,β-unsaturated/α-hetero) is 1.